The van der Waals surface area contributed by atoms with Crippen LogP contribution >= 0.6 is 0 Å². The van der Waals surface area contributed by atoms with Crippen molar-refractivity contribution in [3.05, 3.63) is 11.8 Å². The van der Waals surface area contributed by atoms with Gasteiger partial charge in [0.2, 0.25) is 11.8 Å². The van der Waals surface area contributed by atoms with Gasteiger partial charge in [-0.15, -0.1) is 0 Å². The molecule has 1 saturated heterocycles. The van der Waals surface area contributed by atoms with Crippen molar-refractivity contribution >= 4 is 17.6 Å². The zero-order chi connectivity index (χ0) is 11.7. The molecular weight excluding hydrogens is 210 g/mol. The number of carbonyl (C=O) groups excluding carboxylic acids is 2. The number of nitrogens with two attached hydrogens (primary N) is 1. The Morgan fingerprint density at radius 2 is 2.50 bits per heavy atom. The monoisotopic (exact) mass is 219 g/mol. The van der Waals surface area contributed by atoms with E-state index in [0.29, 0.717) is 5.82 Å². The van der Waals surface area contributed by atoms with E-state index in [1.807, 2.05) is 6.07 Å². The van der Waals surface area contributed by atoms with Crippen molar-refractivity contribution < 1.29 is 9.59 Å². The lowest BCUT2D eigenvalue weighted by Gasteiger charge is -2.13. The molecule has 1 fully saturated rings. The second-order valence-corrected chi connectivity index (χ2v) is 3.55. The molecule has 1 aliphatic heterocycles. The summed E-state index contributed by atoms with van der Waals surface area (Å²) in [5.74, 6) is -0.906. The maximum absolute atomic E-state index is 11.6. The number of hydrogen-bond acceptors (Lipinski definition) is 4. The van der Waals surface area contributed by atoms with Gasteiger partial charge in [-0.25, -0.2) is 0 Å². The summed E-state index contributed by atoms with van der Waals surface area (Å²) in [4.78, 5) is 23.9. The van der Waals surface area contributed by atoms with Crippen molar-refractivity contribution in [3.8, 4) is 6.07 Å². The predicted molar refractivity (Wildman–Crippen MR) is 53.0 cm³/mol. The van der Waals surface area contributed by atoms with Crippen LogP contribution in [0, 0.1) is 17.2 Å². The van der Waals surface area contributed by atoms with E-state index in [1.165, 1.54) is 11.1 Å². The summed E-state index contributed by atoms with van der Waals surface area (Å²) >= 11 is 0. The standard InChI is InChI=1S/C9H9N5O2/c10-2-6-3-12-13-9(6)14-4-5(8(11)16)1-7(14)15/h3,5H,1,4H2,(H2,11,16)(H,12,13). The second kappa shape index (κ2) is 3.66. The molecule has 3 N–H and O–H groups in total. The van der Waals surface area contributed by atoms with Crippen LogP contribution in [0.2, 0.25) is 0 Å². The fraction of sp³-hybridized carbons (Fsp3) is 0.333. The van der Waals surface area contributed by atoms with Crippen LogP contribution in [0.3, 0.4) is 0 Å². The van der Waals surface area contributed by atoms with E-state index in [9.17, 15) is 9.59 Å². The highest BCUT2D eigenvalue weighted by molar-refractivity contribution is 6.00. The first-order chi connectivity index (χ1) is 7.63. The smallest absolute Gasteiger partial charge is 0.229 e. The van der Waals surface area contributed by atoms with Gasteiger partial charge in [-0.3, -0.25) is 19.6 Å². The molecule has 0 saturated carbocycles. The zero-order valence-electron chi connectivity index (χ0n) is 8.30. The molecule has 2 amide bonds. The number of carbonyl (C=O) groups is 2. The van der Waals surface area contributed by atoms with Crippen molar-refractivity contribution in [2.45, 2.75) is 6.42 Å². The molecule has 0 bridgehead atoms. The van der Waals surface area contributed by atoms with E-state index >= 15 is 0 Å². The molecule has 1 atom stereocenters. The van der Waals surface area contributed by atoms with E-state index in [-0.39, 0.29) is 24.4 Å². The van der Waals surface area contributed by atoms with Gasteiger partial charge in [0.15, 0.2) is 0 Å². The predicted octanol–water partition coefficient (Wildman–Crippen LogP) is -0.880. The normalized spacial score (nSPS) is 19.8. The Kier molecular flexibility index (Phi) is 2.32. The summed E-state index contributed by atoms with van der Waals surface area (Å²) in [6.45, 7) is 0.199. The Morgan fingerprint density at radius 3 is 3.06 bits per heavy atom. The van der Waals surface area contributed by atoms with Crippen LogP contribution in [0.1, 0.15) is 12.0 Å². The lowest BCUT2D eigenvalue weighted by atomic mass is 10.1. The maximum atomic E-state index is 11.6. The minimum absolute atomic E-state index is 0.0826. The first kappa shape index (κ1) is 10.2. The highest BCUT2D eigenvalue weighted by Gasteiger charge is 2.35. The number of hydrogen-bond donors (Lipinski definition) is 2. The second-order valence-electron chi connectivity index (χ2n) is 3.55. The van der Waals surface area contributed by atoms with E-state index < -0.39 is 11.8 Å². The van der Waals surface area contributed by atoms with Crippen molar-refractivity contribution in [1.82, 2.24) is 10.2 Å². The summed E-state index contributed by atoms with van der Waals surface area (Å²) in [5, 5.41) is 15.0. The first-order valence-corrected chi connectivity index (χ1v) is 4.66. The highest BCUT2D eigenvalue weighted by atomic mass is 16.2. The minimum atomic E-state index is -0.506. The van der Waals surface area contributed by atoms with Crippen LogP contribution in [0.5, 0.6) is 0 Å². The number of nitrogens with one attached hydrogen (secondary N) is 1. The average Bonchev–Trinajstić information content (AvgIpc) is 2.82. The van der Waals surface area contributed by atoms with Gasteiger partial charge in [-0.2, -0.15) is 10.4 Å². The fourth-order valence-electron chi connectivity index (χ4n) is 1.68. The molecule has 1 aromatic heterocycles. The molecule has 0 radical (unpaired) electrons. The molecule has 1 aromatic rings. The van der Waals surface area contributed by atoms with Gasteiger partial charge < -0.3 is 5.73 Å². The first-order valence-electron chi connectivity index (χ1n) is 4.66. The Hall–Kier alpha value is -2.36. The van der Waals surface area contributed by atoms with Gasteiger partial charge in [0, 0.05) is 13.0 Å². The third kappa shape index (κ3) is 1.50. The number of amides is 2. The zero-order valence-corrected chi connectivity index (χ0v) is 8.30. The van der Waals surface area contributed by atoms with Crippen molar-refractivity contribution in [1.29, 1.82) is 5.26 Å². The maximum Gasteiger partial charge on any atom is 0.229 e. The lowest BCUT2D eigenvalue weighted by Crippen LogP contribution is -2.29. The Labute approximate surface area is 90.8 Å². The van der Waals surface area contributed by atoms with E-state index in [4.69, 9.17) is 11.0 Å². The fourth-order valence-corrected chi connectivity index (χ4v) is 1.68. The summed E-state index contributed by atoms with van der Waals surface area (Å²) < 4.78 is 0. The summed E-state index contributed by atoms with van der Waals surface area (Å²) in [5.41, 5.74) is 5.41. The molecular formula is C9H9N5O2. The van der Waals surface area contributed by atoms with E-state index in [1.54, 1.807) is 0 Å². The van der Waals surface area contributed by atoms with Gasteiger partial charge in [0.1, 0.15) is 17.5 Å². The molecule has 7 heteroatoms. The largest absolute Gasteiger partial charge is 0.369 e. The van der Waals surface area contributed by atoms with Crippen LogP contribution in [0.4, 0.5) is 5.82 Å². The summed E-state index contributed by atoms with van der Waals surface area (Å²) in [6, 6.07) is 1.91. The van der Waals surface area contributed by atoms with Gasteiger partial charge in [-0.05, 0) is 0 Å². The molecule has 7 nitrogen and oxygen atoms in total. The van der Waals surface area contributed by atoms with Crippen LogP contribution in [-0.4, -0.2) is 28.6 Å². The topological polar surface area (TPSA) is 116 Å². The minimum Gasteiger partial charge on any atom is -0.369 e. The Bertz CT molecular complexity index is 486. The van der Waals surface area contributed by atoms with Crippen LogP contribution < -0.4 is 10.6 Å². The molecule has 82 valence electrons. The van der Waals surface area contributed by atoms with Crippen LogP contribution in [0.15, 0.2) is 6.20 Å². The number of nitrogens with zero attached hydrogens (tertiary/aromatic N) is 3. The van der Waals surface area contributed by atoms with E-state index in [0.717, 1.165) is 0 Å². The molecule has 2 heterocycles. The third-order valence-electron chi connectivity index (χ3n) is 2.54. The molecule has 0 aromatic carbocycles. The van der Waals surface area contributed by atoms with Gasteiger partial charge >= 0.3 is 0 Å². The number of primary amides is 1. The number of H-pyrrole nitrogens is 1. The molecule has 1 aliphatic rings. The molecule has 0 spiro atoms. The molecule has 1 unspecified atom stereocenters. The van der Waals surface area contributed by atoms with Crippen molar-refractivity contribution in [3.63, 3.8) is 0 Å². The van der Waals surface area contributed by atoms with Gasteiger partial charge in [-0.1, -0.05) is 0 Å². The van der Waals surface area contributed by atoms with Gasteiger partial charge in [0.05, 0.1) is 12.1 Å². The SMILES string of the molecule is N#Cc1cn[nH]c1N1CC(C(N)=O)CC1=O. The Balaban J connectivity index is 2.27. The average molecular weight is 219 g/mol. The molecule has 16 heavy (non-hydrogen) atoms. The van der Waals surface area contributed by atoms with Crippen LogP contribution in [-0.2, 0) is 9.59 Å². The van der Waals surface area contributed by atoms with E-state index in [2.05, 4.69) is 10.2 Å². The number of anilines is 1. The number of aromatic nitrogens is 2. The van der Waals surface area contributed by atoms with Crippen molar-refractivity contribution in [2.75, 3.05) is 11.4 Å². The third-order valence-corrected chi connectivity index (χ3v) is 2.54. The molecule has 2 rings (SSSR count). The highest BCUT2D eigenvalue weighted by Crippen LogP contribution is 2.25. The van der Waals surface area contributed by atoms with Gasteiger partial charge in [0.25, 0.3) is 0 Å². The number of rotatable bonds is 2. The lowest BCUT2D eigenvalue weighted by molar-refractivity contribution is -0.123. The summed E-state index contributed by atoms with van der Waals surface area (Å²) in [6.07, 6.45) is 1.42. The van der Waals surface area contributed by atoms with Crippen molar-refractivity contribution in [2.24, 2.45) is 11.7 Å². The Morgan fingerprint density at radius 1 is 1.75 bits per heavy atom. The number of aromatic amines is 1. The quantitative estimate of drug-likeness (QED) is 0.671. The summed E-state index contributed by atoms with van der Waals surface area (Å²) in [7, 11) is 0. The molecule has 0 aliphatic carbocycles. The number of nitriles is 1. The van der Waals surface area contributed by atoms with Crippen LogP contribution in [0.25, 0.3) is 0 Å².